The molecule has 6 heteroatoms. The van der Waals surface area contributed by atoms with Crippen LogP contribution in [0.2, 0.25) is 0 Å². The van der Waals surface area contributed by atoms with Crippen molar-refractivity contribution in [2.24, 2.45) is 0 Å². The van der Waals surface area contributed by atoms with E-state index in [1.54, 1.807) is 30.5 Å². The number of anilines is 1. The maximum absolute atomic E-state index is 12.8. The van der Waals surface area contributed by atoms with Crippen molar-refractivity contribution in [3.05, 3.63) is 87.8 Å². The molecule has 0 radical (unpaired) electrons. The number of aryl methyl sites for hydroxylation is 1. The highest BCUT2D eigenvalue weighted by atomic mass is 16.5. The van der Waals surface area contributed by atoms with Gasteiger partial charge in [-0.15, -0.1) is 0 Å². The van der Waals surface area contributed by atoms with Crippen LogP contribution in [-0.2, 0) is 6.54 Å². The molecule has 0 unspecified atom stereocenters. The number of pyridine rings is 1. The molecule has 1 heterocycles. The predicted octanol–water partition coefficient (Wildman–Crippen LogP) is 3.47. The molecule has 0 aliphatic heterocycles. The van der Waals surface area contributed by atoms with Crippen molar-refractivity contribution in [2.45, 2.75) is 13.5 Å². The second-order valence-corrected chi connectivity index (χ2v) is 6.37. The summed E-state index contributed by atoms with van der Waals surface area (Å²) in [7, 11) is 3.06. The molecule has 3 aromatic rings. The fourth-order valence-corrected chi connectivity index (χ4v) is 2.95. The lowest BCUT2D eigenvalue weighted by Crippen LogP contribution is -2.29. The zero-order valence-corrected chi connectivity index (χ0v) is 16.1. The van der Waals surface area contributed by atoms with Gasteiger partial charge in [0.1, 0.15) is 5.56 Å². The highest BCUT2D eigenvalue weighted by molar-refractivity contribution is 6.04. The third-order valence-electron chi connectivity index (χ3n) is 4.34. The molecule has 0 bridgehead atoms. The predicted molar refractivity (Wildman–Crippen MR) is 108 cm³/mol. The minimum atomic E-state index is -0.476. The number of methoxy groups -OCH3 is 2. The number of hydrogen-bond donors (Lipinski definition) is 1. The van der Waals surface area contributed by atoms with E-state index in [0.717, 1.165) is 11.1 Å². The summed E-state index contributed by atoms with van der Waals surface area (Å²) in [5.41, 5.74) is 2.36. The molecule has 1 aromatic heterocycles. The summed E-state index contributed by atoms with van der Waals surface area (Å²) in [6.45, 7) is 2.40. The summed E-state index contributed by atoms with van der Waals surface area (Å²) < 4.78 is 12.0. The SMILES string of the molecule is COc1ccc(NC(=O)c2cccn(Cc3cccc(C)c3)c2=O)cc1OC. The number of hydrogen-bond acceptors (Lipinski definition) is 4. The van der Waals surface area contributed by atoms with Crippen LogP contribution >= 0.6 is 0 Å². The number of nitrogens with one attached hydrogen (secondary N) is 1. The molecule has 1 N–H and O–H groups in total. The van der Waals surface area contributed by atoms with Gasteiger partial charge in [-0.05, 0) is 36.8 Å². The van der Waals surface area contributed by atoms with Gasteiger partial charge in [0.2, 0.25) is 0 Å². The van der Waals surface area contributed by atoms with E-state index >= 15 is 0 Å². The summed E-state index contributed by atoms with van der Waals surface area (Å²) in [5.74, 6) is 0.571. The van der Waals surface area contributed by atoms with E-state index in [1.807, 2.05) is 31.2 Å². The van der Waals surface area contributed by atoms with Gasteiger partial charge in [-0.1, -0.05) is 29.8 Å². The highest BCUT2D eigenvalue weighted by Gasteiger charge is 2.14. The Hall–Kier alpha value is -3.54. The Labute approximate surface area is 163 Å². The molecule has 0 fully saturated rings. The third kappa shape index (κ3) is 4.23. The second-order valence-electron chi connectivity index (χ2n) is 6.37. The molecule has 1 amide bonds. The van der Waals surface area contributed by atoms with Crippen LogP contribution in [0.3, 0.4) is 0 Å². The van der Waals surface area contributed by atoms with E-state index in [1.165, 1.54) is 24.9 Å². The molecule has 3 rings (SSSR count). The number of amides is 1. The fraction of sp³-hybridized carbons (Fsp3) is 0.182. The molecule has 0 saturated heterocycles. The quantitative estimate of drug-likeness (QED) is 0.713. The van der Waals surface area contributed by atoms with E-state index in [-0.39, 0.29) is 11.1 Å². The van der Waals surface area contributed by atoms with Crippen LogP contribution < -0.4 is 20.3 Å². The monoisotopic (exact) mass is 378 g/mol. The Balaban J connectivity index is 1.84. The minimum absolute atomic E-state index is 0.0740. The van der Waals surface area contributed by atoms with Crippen LogP contribution in [0.5, 0.6) is 11.5 Å². The molecule has 0 atom stereocenters. The maximum Gasteiger partial charge on any atom is 0.263 e. The average Bonchev–Trinajstić information content (AvgIpc) is 2.69. The molecule has 0 saturated carbocycles. The van der Waals surface area contributed by atoms with Gasteiger partial charge in [-0.25, -0.2) is 0 Å². The van der Waals surface area contributed by atoms with E-state index in [9.17, 15) is 9.59 Å². The Morgan fingerprint density at radius 3 is 2.50 bits per heavy atom. The Bertz CT molecular complexity index is 1060. The third-order valence-corrected chi connectivity index (χ3v) is 4.34. The summed E-state index contributed by atoms with van der Waals surface area (Å²) >= 11 is 0. The molecule has 0 spiro atoms. The largest absolute Gasteiger partial charge is 0.493 e. The first-order valence-electron chi connectivity index (χ1n) is 8.80. The molecule has 144 valence electrons. The molecule has 6 nitrogen and oxygen atoms in total. The van der Waals surface area contributed by atoms with Crippen LogP contribution in [-0.4, -0.2) is 24.7 Å². The van der Waals surface area contributed by atoms with Crippen molar-refractivity contribution in [1.29, 1.82) is 0 Å². The summed E-state index contributed by atoms with van der Waals surface area (Å²) in [4.78, 5) is 25.4. The van der Waals surface area contributed by atoms with Gasteiger partial charge in [0, 0.05) is 18.0 Å². The Morgan fingerprint density at radius 1 is 1.00 bits per heavy atom. The first kappa shape index (κ1) is 19.2. The average molecular weight is 378 g/mol. The zero-order valence-electron chi connectivity index (χ0n) is 16.1. The van der Waals surface area contributed by atoms with E-state index in [4.69, 9.17) is 9.47 Å². The van der Waals surface area contributed by atoms with E-state index in [2.05, 4.69) is 5.32 Å². The van der Waals surface area contributed by atoms with Gasteiger partial charge in [-0.2, -0.15) is 0 Å². The topological polar surface area (TPSA) is 69.6 Å². The number of carbonyl (C=O) groups excluding carboxylic acids is 1. The molecule has 28 heavy (non-hydrogen) atoms. The van der Waals surface area contributed by atoms with Gasteiger partial charge >= 0.3 is 0 Å². The fourth-order valence-electron chi connectivity index (χ4n) is 2.95. The van der Waals surface area contributed by atoms with Crippen LogP contribution in [0.15, 0.2) is 65.6 Å². The summed E-state index contributed by atoms with van der Waals surface area (Å²) in [6.07, 6.45) is 1.68. The first-order valence-corrected chi connectivity index (χ1v) is 8.80. The summed E-state index contributed by atoms with van der Waals surface area (Å²) in [6, 6.07) is 16.2. The van der Waals surface area contributed by atoms with Crippen molar-refractivity contribution in [1.82, 2.24) is 4.57 Å². The standard InChI is InChI=1S/C22H22N2O4/c1-15-6-4-7-16(12-15)14-24-11-5-8-18(22(24)26)21(25)23-17-9-10-19(27-2)20(13-17)28-3/h4-13H,14H2,1-3H3,(H,23,25). The maximum atomic E-state index is 12.8. The Morgan fingerprint density at radius 2 is 1.79 bits per heavy atom. The van der Waals surface area contributed by atoms with Crippen molar-refractivity contribution in [3.8, 4) is 11.5 Å². The number of benzene rings is 2. The lowest BCUT2D eigenvalue weighted by molar-refractivity contribution is 0.102. The van der Waals surface area contributed by atoms with Gasteiger partial charge in [-0.3, -0.25) is 9.59 Å². The molecule has 0 aliphatic carbocycles. The van der Waals surface area contributed by atoms with Gasteiger partial charge in [0.25, 0.3) is 11.5 Å². The lowest BCUT2D eigenvalue weighted by Gasteiger charge is -2.11. The second kappa shape index (κ2) is 8.43. The van der Waals surface area contributed by atoms with Gasteiger partial charge in [0.15, 0.2) is 11.5 Å². The van der Waals surface area contributed by atoms with Crippen molar-refractivity contribution in [2.75, 3.05) is 19.5 Å². The summed E-state index contributed by atoms with van der Waals surface area (Å²) in [5, 5.41) is 2.74. The lowest BCUT2D eigenvalue weighted by atomic mass is 10.1. The molecule has 0 aliphatic rings. The van der Waals surface area contributed by atoms with Crippen LogP contribution in [0.1, 0.15) is 21.5 Å². The number of rotatable bonds is 6. The van der Waals surface area contributed by atoms with Gasteiger partial charge < -0.3 is 19.4 Å². The van der Waals surface area contributed by atoms with E-state index < -0.39 is 5.91 Å². The highest BCUT2D eigenvalue weighted by Crippen LogP contribution is 2.29. The first-order chi connectivity index (χ1) is 13.5. The van der Waals surface area contributed by atoms with Crippen LogP contribution in [0.4, 0.5) is 5.69 Å². The molecular weight excluding hydrogens is 356 g/mol. The van der Waals surface area contributed by atoms with Crippen molar-refractivity contribution >= 4 is 11.6 Å². The number of nitrogens with zero attached hydrogens (tertiary/aromatic N) is 1. The minimum Gasteiger partial charge on any atom is -0.493 e. The van der Waals surface area contributed by atoms with Gasteiger partial charge in [0.05, 0.1) is 20.8 Å². The van der Waals surface area contributed by atoms with Crippen LogP contribution in [0.25, 0.3) is 0 Å². The van der Waals surface area contributed by atoms with Crippen molar-refractivity contribution < 1.29 is 14.3 Å². The molecular formula is C22H22N2O4. The Kier molecular flexibility index (Phi) is 5.79. The normalized spacial score (nSPS) is 10.4. The molecule has 2 aromatic carbocycles. The number of ether oxygens (including phenoxy) is 2. The zero-order chi connectivity index (χ0) is 20.1. The number of carbonyl (C=O) groups is 1. The smallest absolute Gasteiger partial charge is 0.263 e. The van der Waals surface area contributed by atoms with Crippen molar-refractivity contribution in [3.63, 3.8) is 0 Å². The van der Waals surface area contributed by atoms with E-state index in [0.29, 0.717) is 23.7 Å². The number of aromatic nitrogens is 1. The van der Waals surface area contributed by atoms with Crippen LogP contribution in [0, 0.1) is 6.92 Å².